The number of amides is 1. The van der Waals surface area contributed by atoms with Gasteiger partial charge in [0.15, 0.2) is 11.0 Å². The highest BCUT2D eigenvalue weighted by molar-refractivity contribution is 8.15. The molecule has 1 unspecified atom stereocenters. The molecule has 1 amide bonds. The van der Waals surface area contributed by atoms with Crippen LogP contribution in [0, 0.1) is 10.1 Å². The summed E-state index contributed by atoms with van der Waals surface area (Å²) in [6.45, 7) is 0. The summed E-state index contributed by atoms with van der Waals surface area (Å²) in [5, 5.41) is 21.3. The van der Waals surface area contributed by atoms with Crippen LogP contribution in [0.4, 0.5) is 5.69 Å². The van der Waals surface area contributed by atoms with Gasteiger partial charge in [0.05, 0.1) is 16.4 Å². The van der Waals surface area contributed by atoms with E-state index in [1.807, 2.05) is 0 Å². The van der Waals surface area contributed by atoms with Crippen LogP contribution in [-0.2, 0) is 4.79 Å². The van der Waals surface area contributed by atoms with Crippen molar-refractivity contribution >= 4 is 52.1 Å². The molecule has 0 aliphatic carbocycles. The molecule has 0 radical (unpaired) electrons. The minimum absolute atomic E-state index is 0.0196. The van der Waals surface area contributed by atoms with Crippen molar-refractivity contribution in [1.29, 1.82) is 0 Å². The second kappa shape index (κ2) is 8.77. The van der Waals surface area contributed by atoms with Crippen LogP contribution in [0.3, 0.4) is 0 Å². The Morgan fingerprint density at radius 2 is 2.04 bits per heavy atom. The molecule has 0 aromatic heterocycles. The zero-order chi connectivity index (χ0) is 20.1. The average Bonchev–Trinajstić information content (AvgIpc) is 3.01. The number of non-ortho nitro benzene ring substituents is 1. The molecule has 28 heavy (non-hydrogen) atoms. The third-order valence-corrected chi connectivity index (χ3v) is 5.07. The molecule has 0 bridgehead atoms. The van der Waals surface area contributed by atoms with E-state index >= 15 is 0 Å². The van der Waals surface area contributed by atoms with Gasteiger partial charge in [-0.2, -0.15) is 5.10 Å². The molecule has 0 saturated carbocycles. The van der Waals surface area contributed by atoms with Crippen molar-refractivity contribution < 1.29 is 14.5 Å². The van der Waals surface area contributed by atoms with E-state index in [9.17, 15) is 19.7 Å². The van der Waals surface area contributed by atoms with E-state index in [1.54, 1.807) is 30.3 Å². The lowest BCUT2D eigenvalue weighted by molar-refractivity contribution is -0.384. The first-order chi connectivity index (χ1) is 13.4. The Morgan fingerprint density at radius 1 is 1.29 bits per heavy atom. The van der Waals surface area contributed by atoms with Crippen LogP contribution < -0.4 is 5.32 Å². The van der Waals surface area contributed by atoms with E-state index in [-0.39, 0.29) is 29.0 Å². The number of benzene rings is 2. The molecule has 0 spiro atoms. The number of ketones is 1. The van der Waals surface area contributed by atoms with Crippen LogP contribution in [0.1, 0.15) is 22.3 Å². The van der Waals surface area contributed by atoms with Crippen molar-refractivity contribution in [3.8, 4) is 0 Å². The number of nitrogens with one attached hydrogen (secondary N) is 1. The number of carbonyl (C=O) groups excluding carboxylic acids is 2. The number of thioether (sulfide) groups is 1. The largest absolute Gasteiger partial charge is 0.303 e. The van der Waals surface area contributed by atoms with Crippen molar-refractivity contribution in [3.63, 3.8) is 0 Å². The molecule has 2 aromatic carbocycles. The molecule has 1 aliphatic rings. The summed E-state index contributed by atoms with van der Waals surface area (Å²) in [5.74, 6) is -0.498. The van der Waals surface area contributed by atoms with E-state index < -0.39 is 10.2 Å². The summed E-state index contributed by atoms with van der Waals surface area (Å²) in [6, 6.07) is 12.4. The van der Waals surface area contributed by atoms with Gasteiger partial charge in [-0.25, -0.2) is 0 Å². The lowest BCUT2D eigenvalue weighted by Crippen LogP contribution is -2.26. The monoisotopic (exact) mass is 416 g/mol. The minimum atomic E-state index is -0.602. The van der Waals surface area contributed by atoms with Gasteiger partial charge in [0.25, 0.3) is 5.69 Å². The molecular formula is C18H13ClN4O4S. The number of rotatable bonds is 6. The topological polar surface area (TPSA) is 114 Å². The van der Waals surface area contributed by atoms with Gasteiger partial charge in [-0.3, -0.25) is 19.7 Å². The number of nitro groups is 1. The molecule has 1 heterocycles. The maximum Gasteiger partial charge on any atom is 0.270 e. The van der Waals surface area contributed by atoms with E-state index in [2.05, 4.69) is 15.5 Å². The van der Waals surface area contributed by atoms with Gasteiger partial charge in [0, 0.05) is 34.7 Å². The molecular weight excluding hydrogens is 404 g/mol. The second-order valence-electron chi connectivity index (χ2n) is 5.73. The van der Waals surface area contributed by atoms with Crippen molar-refractivity contribution in [1.82, 2.24) is 5.32 Å². The molecule has 1 saturated heterocycles. The van der Waals surface area contributed by atoms with E-state index in [0.29, 0.717) is 16.1 Å². The Hall–Kier alpha value is -3.04. The van der Waals surface area contributed by atoms with Crippen LogP contribution in [0.5, 0.6) is 0 Å². The van der Waals surface area contributed by atoms with Crippen LogP contribution in [0.15, 0.2) is 58.7 Å². The average molecular weight is 417 g/mol. The Labute approximate surface area is 168 Å². The maximum absolute atomic E-state index is 12.3. The van der Waals surface area contributed by atoms with Gasteiger partial charge < -0.3 is 5.32 Å². The first kappa shape index (κ1) is 19.7. The lowest BCUT2D eigenvalue weighted by Gasteiger charge is -2.04. The van der Waals surface area contributed by atoms with E-state index in [4.69, 9.17) is 11.6 Å². The van der Waals surface area contributed by atoms with E-state index in [1.165, 1.54) is 24.4 Å². The molecule has 3 rings (SSSR count). The number of Topliss-reactive ketones (excluding diaryl/α,β-unsaturated/α-hetero) is 1. The molecule has 8 nitrogen and oxygen atoms in total. The second-order valence-corrected chi connectivity index (χ2v) is 7.36. The van der Waals surface area contributed by atoms with E-state index in [0.717, 1.165) is 11.8 Å². The Morgan fingerprint density at radius 3 is 2.75 bits per heavy atom. The number of carbonyl (C=O) groups is 2. The molecule has 2 aromatic rings. The van der Waals surface area contributed by atoms with Gasteiger partial charge in [-0.05, 0) is 24.3 Å². The van der Waals surface area contributed by atoms with Gasteiger partial charge in [0.1, 0.15) is 0 Å². The minimum Gasteiger partial charge on any atom is -0.303 e. The standard InChI is InChI=1S/C18H13ClN4O4S/c19-13-6-4-12(5-7-13)15(24)9-16-17(25)21-18(28-16)22-20-10-11-2-1-3-14(8-11)23(26)27/h1-8,10,16H,9H2,(H,21,22,25)/b20-10+. The van der Waals surface area contributed by atoms with Gasteiger partial charge >= 0.3 is 0 Å². The smallest absolute Gasteiger partial charge is 0.270 e. The lowest BCUT2D eigenvalue weighted by atomic mass is 10.1. The fourth-order valence-corrected chi connectivity index (χ4v) is 3.43. The molecule has 142 valence electrons. The third-order valence-electron chi connectivity index (χ3n) is 3.75. The number of hydrogen-bond acceptors (Lipinski definition) is 7. The van der Waals surface area contributed by atoms with Gasteiger partial charge in [0.2, 0.25) is 5.91 Å². The summed E-state index contributed by atoms with van der Waals surface area (Å²) in [6.07, 6.45) is 1.37. The highest BCUT2D eigenvalue weighted by atomic mass is 35.5. The Kier molecular flexibility index (Phi) is 6.17. The number of hydrogen-bond donors (Lipinski definition) is 1. The number of nitro benzene ring substituents is 1. The number of nitrogens with zero attached hydrogens (tertiary/aromatic N) is 3. The Balaban J connectivity index is 1.62. The predicted octanol–water partition coefficient (Wildman–Crippen LogP) is 3.44. The van der Waals surface area contributed by atoms with Crippen LogP contribution in [0.2, 0.25) is 5.02 Å². The zero-order valence-electron chi connectivity index (χ0n) is 14.2. The van der Waals surface area contributed by atoms with Crippen LogP contribution >= 0.6 is 23.4 Å². The first-order valence-corrected chi connectivity index (χ1v) is 9.30. The molecule has 1 fully saturated rings. The first-order valence-electron chi connectivity index (χ1n) is 8.04. The normalized spacial score (nSPS) is 17.8. The zero-order valence-corrected chi connectivity index (χ0v) is 15.8. The summed E-state index contributed by atoms with van der Waals surface area (Å²) >= 11 is 6.91. The van der Waals surface area contributed by atoms with Crippen LogP contribution in [0.25, 0.3) is 0 Å². The number of amidine groups is 1. The molecule has 10 heteroatoms. The van der Waals surface area contributed by atoms with Gasteiger partial charge in [-0.15, -0.1) is 5.10 Å². The predicted molar refractivity (Wildman–Crippen MR) is 108 cm³/mol. The fourth-order valence-electron chi connectivity index (χ4n) is 2.38. The quantitative estimate of drug-likeness (QED) is 0.335. The highest BCUT2D eigenvalue weighted by Crippen LogP contribution is 2.24. The summed E-state index contributed by atoms with van der Waals surface area (Å²) in [4.78, 5) is 34.6. The fraction of sp³-hybridized carbons (Fsp3) is 0.111. The molecule has 1 aliphatic heterocycles. The highest BCUT2D eigenvalue weighted by Gasteiger charge is 2.32. The molecule has 1 atom stereocenters. The maximum atomic E-state index is 12.3. The summed E-state index contributed by atoms with van der Waals surface area (Å²) in [5.41, 5.74) is 0.926. The Bertz CT molecular complexity index is 991. The number of halogens is 1. The SMILES string of the molecule is O=C(CC1S/C(=N/N=C/c2cccc([N+](=O)[O-])c2)NC1=O)c1ccc(Cl)cc1. The summed E-state index contributed by atoms with van der Waals surface area (Å²) in [7, 11) is 0. The van der Waals surface area contributed by atoms with Crippen LogP contribution in [-0.4, -0.2) is 33.2 Å². The van der Waals surface area contributed by atoms with Crippen molar-refractivity contribution in [2.45, 2.75) is 11.7 Å². The molecule has 1 N–H and O–H groups in total. The van der Waals surface area contributed by atoms with Gasteiger partial charge in [-0.1, -0.05) is 35.5 Å². The van der Waals surface area contributed by atoms with Crippen molar-refractivity contribution in [3.05, 3.63) is 74.8 Å². The third kappa shape index (κ3) is 5.02. The van der Waals surface area contributed by atoms with Crippen molar-refractivity contribution in [2.24, 2.45) is 10.2 Å². The van der Waals surface area contributed by atoms with Crippen molar-refractivity contribution in [2.75, 3.05) is 0 Å². The summed E-state index contributed by atoms with van der Waals surface area (Å²) < 4.78 is 0.